The second-order valence-corrected chi connectivity index (χ2v) is 6.87. The first-order valence-corrected chi connectivity index (χ1v) is 8.28. The van der Waals surface area contributed by atoms with Gasteiger partial charge in [-0.25, -0.2) is 4.79 Å². The smallest absolute Gasteiger partial charge is 0.317 e. The van der Waals surface area contributed by atoms with Crippen LogP contribution in [0.4, 0.5) is 4.79 Å². The van der Waals surface area contributed by atoms with Crippen molar-refractivity contribution in [2.75, 3.05) is 26.7 Å². The third-order valence-electron chi connectivity index (χ3n) is 5.21. The van der Waals surface area contributed by atoms with Gasteiger partial charge in [0, 0.05) is 43.5 Å². The van der Waals surface area contributed by atoms with Crippen molar-refractivity contribution in [1.29, 1.82) is 0 Å². The highest BCUT2D eigenvalue weighted by molar-refractivity contribution is 5.74. The highest BCUT2D eigenvalue weighted by atomic mass is 16.2. The molecule has 1 aromatic rings. The summed E-state index contributed by atoms with van der Waals surface area (Å²) in [5.74, 6) is 0.612. The third kappa shape index (κ3) is 3.11. The van der Waals surface area contributed by atoms with Crippen LogP contribution in [-0.2, 0) is 6.54 Å². The number of nitrogens with zero attached hydrogens (tertiary/aromatic N) is 3. The Labute approximate surface area is 132 Å². The molecule has 2 N–H and O–H groups in total. The largest absolute Gasteiger partial charge is 0.334 e. The van der Waals surface area contributed by atoms with E-state index in [0.29, 0.717) is 18.5 Å². The summed E-state index contributed by atoms with van der Waals surface area (Å²) in [6.07, 6.45) is 3.74. The summed E-state index contributed by atoms with van der Waals surface area (Å²) in [6, 6.07) is 0.572. The molecule has 3 heterocycles. The highest BCUT2D eigenvalue weighted by Crippen LogP contribution is 2.25. The second-order valence-electron chi connectivity index (χ2n) is 6.87. The maximum absolute atomic E-state index is 12.6. The fourth-order valence-corrected chi connectivity index (χ4v) is 3.81. The summed E-state index contributed by atoms with van der Waals surface area (Å²) in [6.45, 7) is 7.37. The number of likely N-dealkylation sites (N-methyl/N-ethyl adjacent to an activating group) is 1. The van der Waals surface area contributed by atoms with Gasteiger partial charge < -0.3 is 15.1 Å². The molecule has 3 rings (SSSR count). The number of H-pyrrole nitrogens is 1. The molecule has 1 aromatic heterocycles. The number of hydrogen-bond donors (Lipinski definition) is 2. The fraction of sp³-hybridized carbons (Fsp3) is 0.750. The molecule has 6 nitrogen and oxygen atoms in total. The molecule has 0 aliphatic carbocycles. The zero-order valence-electron chi connectivity index (χ0n) is 13.9. The van der Waals surface area contributed by atoms with Crippen molar-refractivity contribution in [3.8, 4) is 0 Å². The first-order valence-electron chi connectivity index (χ1n) is 8.28. The third-order valence-corrected chi connectivity index (χ3v) is 5.21. The molecular formula is C16H27N5O. The zero-order valence-corrected chi connectivity index (χ0v) is 13.9. The molecule has 2 saturated heterocycles. The normalized spacial score (nSPS) is 25.9. The fourth-order valence-electron chi connectivity index (χ4n) is 3.81. The van der Waals surface area contributed by atoms with Gasteiger partial charge in [0.2, 0.25) is 0 Å². The van der Waals surface area contributed by atoms with Crippen LogP contribution in [0.3, 0.4) is 0 Å². The molecule has 2 aliphatic rings. The van der Waals surface area contributed by atoms with E-state index in [1.807, 2.05) is 18.7 Å². The van der Waals surface area contributed by atoms with Crippen LogP contribution in [0.1, 0.15) is 36.2 Å². The lowest BCUT2D eigenvalue weighted by atomic mass is 10.00. The predicted octanol–water partition coefficient (Wildman–Crippen LogP) is 1.65. The van der Waals surface area contributed by atoms with Crippen LogP contribution < -0.4 is 5.32 Å². The number of likely N-dealkylation sites (tertiary alicyclic amines) is 1. The summed E-state index contributed by atoms with van der Waals surface area (Å²) in [5, 5.41) is 10.2. The second kappa shape index (κ2) is 6.28. The molecule has 6 heteroatoms. The average molecular weight is 305 g/mol. The van der Waals surface area contributed by atoms with Crippen LogP contribution in [0.2, 0.25) is 0 Å². The molecule has 0 unspecified atom stereocenters. The summed E-state index contributed by atoms with van der Waals surface area (Å²) >= 11 is 0. The average Bonchev–Trinajstić information content (AvgIpc) is 2.62. The predicted molar refractivity (Wildman–Crippen MR) is 85.6 cm³/mol. The van der Waals surface area contributed by atoms with E-state index in [1.54, 1.807) is 0 Å². The quantitative estimate of drug-likeness (QED) is 0.873. The summed E-state index contributed by atoms with van der Waals surface area (Å²) in [7, 11) is 2.20. The molecule has 122 valence electrons. The van der Waals surface area contributed by atoms with Crippen LogP contribution in [-0.4, -0.2) is 58.8 Å². The Balaban J connectivity index is 1.62. The molecule has 0 aromatic carbocycles. The molecule has 2 bridgehead atoms. The molecule has 22 heavy (non-hydrogen) atoms. The van der Waals surface area contributed by atoms with Crippen molar-refractivity contribution < 1.29 is 4.79 Å². The van der Waals surface area contributed by atoms with E-state index >= 15 is 0 Å². The van der Waals surface area contributed by atoms with Gasteiger partial charge in [-0.05, 0) is 39.7 Å². The summed E-state index contributed by atoms with van der Waals surface area (Å²) in [4.78, 5) is 17.0. The summed E-state index contributed by atoms with van der Waals surface area (Å²) in [5.41, 5.74) is 3.09. The topological polar surface area (TPSA) is 64.3 Å². The number of carbonyl (C=O) groups is 1. The maximum Gasteiger partial charge on any atom is 0.317 e. The summed E-state index contributed by atoms with van der Waals surface area (Å²) < 4.78 is 0. The first kappa shape index (κ1) is 15.3. The van der Waals surface area contributed by atoms with Gasteiger partial charge in [0.1, 0.15) is 0 Å². The van der Waals surface area contributed by atoms with E-state index in [2.05, 4.69) is 27.5 Å². The molecule has 2 atom stereocenters. The van der Waals surface area contributed by atoms with Gasteiger partial charge in [-0.3, -0.25) is 5.10 Å². The lowest BCUT2D eigenvalue weighted by Gasteiger charge is -2.29. The van der Waals surface area contributed by atoms with Crippen molar-refractivity contribution in [1.82, 2.24) is 25.3 Å². The van der Waals surface area contributed by atoms with Crippen LogP contribution >= 0.6 is 0 Å². The van der Waals surface area contributed by atoms with Gasteiger partial charge in [0.05, 0.1) is 5.69 Å². The highest BCUT2D eigenvalue weighted by Gasteiger charge is 2.32. The lowest BCUT2D eigenvalue weighted by Crippen LogP contribution is -2.46. The number of aryl methyl sites for hydroxylation is 2. The van der Waals surface area contributed by atoms with Crippen LogP contribution in [0, 0.1) is 19.8 Å². The Bertz CT molecular complexity index is 521. The lowest BCUT2D eigenvalue weighted by molar-refractivity contribution is 0.175. The monoisotopic (exact) mass is 305 g/mol. The SMILES string of the molecule is Cc1n[nH]c(C)c1CNC(=O)N1C[C@H]2CCC[C@@H](C1)N(C)C2. The molecule has 2 aliphatic heterocycles. The standard InChI is InChI=1S/C16H27N5O/c1-11-15(12(2)19-18-11)7-17-16(22)21-9-13-5-4-6-14(10-21)20(3)8-13/h13-14H,4-10H2,1-3H3,(H,17,22)(H,18,19)/t13-,14-/m0/s1. The van der Waals surface area contributed by atoms with Crippen molar-refractivity contribution in [2.45, 2.75) is 45.7 Å². The van der Waals surface area contributed by atoms with E-state index in [4.69, 9.17) is 0 Å². The van der Waals surface area contributed by atoms with Gasteiger partial charge in [0.15, 0.2) is 0 Å². The number of aromatic amines is 1. The van der Waals surface area contributed by atoms with Gasteiger partial charge in [0.25, 0.3) is 0 Å². The maximum atomic E-state index is 12.6. The number of carbonyl (C=O) groups excluding carboxylic acids is 1. The molecule has 0 spiro atoms. The van der Waals surface area contributed by atoms with Gasteiger partial charge in [-0.1, -0.05) is 6.42 Å². The van der Waals surface area contributed by atoms with E-state index in [1.165, 1.54) is 19.3 Å². The van der Waals surface area contributed by atoms with Crippen LogP contribution in [0.25, 0.3) is 0 Å². The van der Waals surface area contributed by atoms with Gasteiger partial charge >= 0.3 is 6.03 Å². The van der Waals surface area contributed by atoms with E-state index < -0.39 is 0 Å². The Morgan fingerprint density at radius 3 is 2.86 bits per heavy atom. The van der Waals surface area contributed by atoms with Crippen LogP contribution in [0.5, 0.6) is 0 Å². The molecular weight excluding hydrogens is 278 g/mol. The van der Waals surface area contributed by atoms with Crippen molar-refractivity contribution in [3.05, 3.63) is 17.0 Å². The first-order chi connectivity index (χ1) is 10.5. The van der Waals surface area contributed by atoms with Gasteiger partial charge in [-0.15, -0.1) is 0 Å². The number of aromatic nitrogens is 2. The number of urea groups is 1. The molecule has 0 radical (unpaired) electrons. The zero-order chi connectivity index (χ0) is 15.7. The van der Waals surface area contributed by atoms with Gasteiger partial charge in [-0.2, -0.15) is 5.10 Å². The number of amides is 2. The number of rotatable bonds is 2. The van der Waals surface area contributed by atoms with E-state index in [-0.39, 0.29) is 6.03 Å². The minimum absolute atomic E-state index is 0.0622. The molecule has 2 fully saturated rings. The van der Waals surface area contributed by atoms with Crippen LogP contribution in [0.15, 0.2) is 0 Å². The minimum Gasteiger partial charge on any atom is -0.334 e. The molecule has 0 saturated carbocycles. The van der Waals surface area contributed by atoms with Crippen molar-refractivity contribution in [3.63, 3.8) is 0 Å². The molecule has 2 amide bonds. The Kier molecular flexibility index (Phi) is 4.38. The number of hydrogen-bond acceptors (Lipinski definition) is 3. The Morgan fingerprint density at radius 2 is 2.14 bits per heavy atom. The number of nitrogens with one attached hydrogen (secondary N) is 2. The van der Waals surface area contributed by atoms with E-state index in [9.17, 15) is 4.79 Å². The van der Waals surface area contributed by atoms with Crippen molar-refractivity contribution in [2.24, 2.45) is 5.92 Å². The van der Waals surface area contributed by atoms with E-state index in [0.717, 1.165) is 36.6 Å². The number of fused-ring (bicyclic) bond motifs is 3. The Morgan fingerprint density at radius 1 is 1.32 bits per heavy atom. The van der Waals surface area contributed by atoms with Crippen molar-refractivity contribution >= 4 is 6.03 Å². The Hall–Kier alpha value is -1.56. The minimum atomic E-state index is 0.0622.